The summed E-state index contributed by atoms with van der Waals surface area (Å²) in [6.07, 6.45) is 0. The average Bonchev–Trinajstić information content (AvgIpc) is 3.19. The number of halogens is 2. The molecule has 1 amide bonds. The first kappa shape index (κ1) is 25.6. The second-order valence-corrected chi connectivity index (χ2v) is 9.43. The lowest BCUT2D eigenvalue weighted by atomic mass is 10.1. The summed E-state index contributed by atoms with van der Waals surface area (Å²) in [5.41, 5.74) is 5.26. The molecule has 0 unspecified atom stereocenters. The number of hydrogen-bond acceptors (Lipinski definition) is 4. The van der Waals surface area contributed by atoms with Crippen molar-refractivity contribution < 1.29 is 14.3 Å². The summed E-state index contributed by atoms with van der Waals surface area (Å²) < 4.78 is 13.3. The maximum Gasteiger partial charge on any atom is 0.256 e. The van der Waals surface area contributed by atoms with Crippen LogP contribution in [-0.4, -0.2) is 22.8 Å². The van der Waals surface area contributed by atoms with Crippen LogP contribution in [0.2, 0.25) is 10.0 Å². The Morgan fingerprint density at radius 3 is 2.50 bits per heavy atom. The van der Waals surface area contributed by atoms with Gasteiger partial charge in [0.15, 0.2) is 5.82 Å². The Kier molecular flexibility index (Phi) is 7.87. The van der Waals surface area contributed by atoms with E-state index in [2.05, 4.69) is 10.4 Å². The molecule has 1 aromatic heterocycles. The number of nitrogens with zero attached hydrogens (tertiary/aromatic N) is 2. The predicted octanol–water partition coefficient (Wildman–Crippen LogP) is 7.00. The fraction of sp³-hybridized carbons (Fsp3) is 0.214. The van der Waals surface area contributed by atoms with Crippen LogP contribution in [0, 0.1) is 20.8 Å². The molecule has 8 heteroatoms. The molecule has 4 aromatic rings. The third-order valence-electron chi connectivity index (χ3n) is 5.81. The third-order valence-corrected chi connectivity index (χ3v) is 6.55. The van der Waals surface area contributed by atoms with Crippen molar-refractivity contribution in [3.05, 3.63) is 104 Å². The Bertz CT molecular complexity index is 1420. The van der Waals surface area contributed by atoms with Gasteiger partial charge in [-0.3, -0.25) is 9.48 Å². The number of anilines is 1. The predicted molar refractivity (Wildman–Crippen MR) is 144 cm³/mol. The van der Waals surface area contributed by atoms with Crippen LogP contribution in [-0.2, 0) is 13.2 Å². The van der Waals surface area contributed by atoms with E-state index >= 15 is 0 Å². The van der Waals surface area contributed by atoms with Gasteiger partial charge >= 0.3 is 0 Å². The van der Waals surface area contributed by atoms with Crippen molar-refractivity contribution in [2.45, 2.75) is 33.9 Å². The Labute approximate surface area is 220 Å². The Balaban J connectivity index is 1.48. The van der Waals surface area contributed by atoms with E-state index in [0.29, 0.717) is 33.7 Å². The van der Waals surface area contributed by atoms with E-state index in [4.69, 9.17) is 32.7 Å². The fourth-order valence-electron chi connectivity index (χ4n) is 3.78. The number of aryl methyl sites for hydroxylation is 3. The Morgan fingerprint density at radius 2 is 1.75 bits per heavy atom. The van der Waals surface area contributed by atoms with E-state index in [1.807, 2.05) is 57.2 Å². The van der Waals surface area contributed by atoms with Crippen molar-refractivity contribution in [2.75, 3.05) is 12.4 Å². The number of methoxy groups -OCH3 is 1. The summed E-state index contributed by atoms with van der Waals surface area (Å²) >= 11 is 12.1. The van der Waals surface area contributed by atoms with Gasteiger partial charge in [0.05, 0.1) is 23.7 Å². The number of nitrogens with one attached hydrogen (secondary N) is 1. The highest BCUT2D eigenvalue weighted by Crippen LogP contribution is 2.26. The Morgan fingerprint density at radius 1 is 0.944 bits per heavy atom. The lowest BCUT2D eigenvalue weighted by Crippen LogP contribution is -2.14. The fourth-order valence-corrected chi connectivity index (χ4v) is 4.10. The normalized spacial score (nSPS) is 10.8. The van der Waals surface area contributed by atoms with Gasteiger partial charge in [-0.25, -0.2) is 0 Å². The molecular formula is C28H27Cl2N3O3. The van der Waals surface area contributed by atoms with Crippen LogP contribution >= 0.6 is 23.2 Å². The summed E-state index contributed by atoms with van der Waals surface area (Å²) in [6.45, 7) is 6.72. The molecule has 0 aliphatic heterocycles. The van der Waals surface area contributed by atoms with Crippen LogP contribution in [0.5, 0.6) is 11.5 Å². The molecule has 0 saturated carbocycles. The van der Waals surface area contributed by atoms with Crippen LogP contribution < -0.4 is 14.8 Å². The minimum absolute atomic E-state index is 0.270. The zero-order valence-corrected chi connectivity index (χ0v) is 22.1. The zero-order chi connectivity index (χ0) is 25.8. The number of hydrogen-bond donors (Lipinski definition) is 1. The number of carbonyl (C=O) groups is 1. The first-order chi connectivity index (χ1) is 17.2. The Hall–Kier alpha value is -3.48. The van der Waals surface area contributed by atoms with Crippen LogP contribution in [0.3, 0.4) is 0 Å². The van der Waals surface area contributed by atoms with E-state index < -0.39 is 0 Å². The van der Waals surface area contributed by atoms with Gasteiger partial charge < -0.3 is 14.8 Å². The van der Waals surface area contributed by atoms with Gasteiger partial charge in [-0.1, -0.05) is 41.4 Å². The molecule has 0 atom stereocenters. The van der Waals surface area contributed by atoms with E-state index in [0.717, 1.165) is 33.7 Å². The topological polar surface area (TPSA) is 65.4 Å². The minimum Gasteiger partial charge on any atom is -0.496 e. The number of aromatic nitrogens is 2. The van der Waals surface area contributed by atoms with Crippen molar-refractivity contribution in [2.24, 2.45) is 0 Å². The number of rotatable bonds is 8. The molecule has 0 spiro atoms. The molecule has 0 bridgehead atoms. The van der Waals surface area contributed by atoms with Gasteiger partial charge in [0.25, 0.3) is 5.91 Å². The van der Waals surface area contributed by atoms with Crippen LogP contribution in [0.1, 0.15) is 38.3 Å². The molecule has 1 N–H and O–H groups in total. The van der Waals surface area contributed by atoms with Crippen LogP contribution in [0.25, 0.3) is 0 Å². The van der Waals surface area contributed by atoms with Crippen molar-refractivity contribution in [3.63, 3.8) is 0 Å². The molecule has 0 fully saturated rings. The van der Waals surface area contributed by atoms with E-state index in [-0.39, 0.29) is 12.5 Å². The smallest absolute Gasteiger partial charge is 0.256 e. The van der Waals surface area contributed by atoms with Gasteiger partial charge in [0.2, 0.25) is 0 Å². The SMILES string of the molecule is COc1ccc(C(=O)Nc2cc(C)n(Cc3ccc(Cl)c(Cl)c3)n2)cc1COc1cc(C)ccc1C. The standard InChI is InChI=1S/C28H27Cl2N3O3/c1-17-5-6-18(2)26(11-17)36-16-22-14-21(8-10-25(22)35-4)28(34)31-27-12-19(3)33(32-27)15-20-7-9-23(29)24(30)13-20/h5-14H,15-16H2,1-4H3,(H,31,32,34). The van der Waals surface area contributed by atoms with Crippen molar-refractivity contribution in [1.29, 1.82) is 0 Å². The largest absolute Gasteiger partial charge is 0.496 e. The van der Waals surface area contributed by atoms with Gasteiger partial charge in [-0.15, -0.1) is 0 Å². The van der Waals surface area contributed by atoms with Gasteiger partial charge in [0, 0.05) is 22.9 Å². The highest BCUT2D eigenvalue weighted by molar-refractivity contribution is 6.42. The van der Waals surface area contributed by atoms with Crippen LogP contribution in [0.4, 0.5) is 5.82 Å². The van der Waals surface area contributed by atoms with E-state index in [9.17, 15) is 4.79 Å². The molecule has 0 radical (unpaired) electrons. The lowest BCUT2D eigenvalue weighted by Gasteiger charge is -2.14. The summed E-state index contributed by atoms with van der Waals surface area (Å²) in [5, 5.41) is 8.41. The quantitative estimate of drug-likeness (QED) is 0.270. The van der Waals surface area contributed by atoms with Crippen molar-refractivity contribution in [3.8, 4) is 11.5 Å². The third kappa shape index (κ3) is 6.01. The summed E-state index contributed by atoms with van der Waals surface area (Å²) in [6, 6.07) is 18.6. The first-order valence-electron chi connectivity index (χ1n) is 11.4. The molecule has 186 valence electrons. The molecule has 4 rings (SSSR count). The molecule has 0 aliphatic rings. The second-order valence-electron chi connectivity index (χ2n) is 8.62. The van der Waals surface area contributed by atoms with Gasteiger partial charge in [-0.2, -0.15) is 5.10 Å². The monoisotopic (exact) mass is 523 g/mol. The average molecular weight is 524 g/mol. The van der Waals surface area contributed by atoms with Crippen molar-refractivity contribution >= 4 is 34.9 Å². The first-order valence-corrected chi connectivity index (χ1v) is 12.2. The number of ether oxygens (including phenoxy) is 2. The summed E-state index contributed by atoms with van der Waals surface area (Å²) in [4.78, 5) is 13.0. The highest BCUT2D eigenvalue weighted by Gasteiger charge is 2.14. The molecule has 1 heterocycles. The van der Waals surface area contributed by atoms with E-state index in [1.165, 1.54) is 0 Å². The molecule has 3 aromatic carbocycles. The second kappa shape index (κ2) is 11.1. The molecule has 0 saturated heterocycles. The lowest BCUT2D eigenvalue weighted by molar-refractivity contribution is 0.102. The highest BCUT2D eigenvalue weighted by atomic mass is 35.5. The zero-order valence-electron chi connectivity index (χ0n) is 20.6. The number of benzene rings is 3. The molecular weight excluding hydrogens is 497 g/mol. The number of carbonyl (C=O) groups excluding carboxylic acids is 1. The maximum atomic E-state index is 13.0. The summed E-state index contributed by atoms with van der Waals surface area (Å²) in [7, 11) is 1.60. The van der Waals surface area contributed by atoms with Crippen LogP contribution in [0.15, 0.2) is 60.7 Å². The molecule has 6 nitrogen and oxygen atoms in total. The van der Waals surface area contributed by atoms with Crippen molar-refractivity contribution in [1.82, 2.24) is 9.78 Å². The molecule has 0 aliphatic carbocycles. The van der Waals surface area contributed by atoms with Gasteiger partial charge in [0.1, 0.15) is 18.1 Å². The van der Waals surface area contributed by atoms with E-state index in [1.54, 1.807) is 36.1 Å². The summed E-state index contributed by atoms with van der Waals surface area (Å²) in [5.74, 6) is 1.64. The van der Waals surface area contributed by atoms with Gasteiger partial charge in [-0.05, 0) is 73.9 Å². The number of amides is 1. The molecule has 36 heavy (non-hydrogen) atoms. The minimum atomic E-state index is -0.273. The maximum absolute atomic E-state index is 13.0.